The van der Waals surface area contributed by atoms with Crippen LogP contribution in [0.15, 0.2) is 48.5 Å². The van der Waals surface area contributed by atoms with Gasteiger partial charge in [0.05, 0.1) is 5.69 Å². The number of hydrogen-bond acceptors (Lipinski definition) is 2. The average molecular weight is 362 g/mol. The van der Waals surface area contributed by atoms with E-state index in [1.165, 1.54) is 44.9 Å². The molecule has 3 aliphatic carbocycles. The van der Waals surface area contributed by atoms with Gasteiger partial charge >= 0.3 is 0 Å². The molecule has 2 fully saturated rings. The van der Waals surface area contributed by atoms with E-state index < -0.39 is 0 Å². The van der Waals surface area contributed by atoms with E-state index in [4.69, 9.17) is 0 Å². The van der Waals surface area contributed by atoms with Crippen molar-refractivity contribution in [1.82, 2.24) is 0 Å². The summed E-state index contributed by atoms with van der Waals surface area (Å²) in [6.07, 6.45) is 9.45. The molecule has 1 N–H and O–H groups in total. The van der Waals surface area contributed by atoms with Crippen LogP contribution in [0.5, 0.6) is 5.75 Å². The standard InChI is InChI=1S/C25H31NO/c1-26(23-10-4-5-11-24(23)27)17-25-15-6-9-22(25)21-13-12-18-7-2-3-8-19(18)20(21)14-16-25/h2-5,7-8,10-11,20-22,27H,6,9,12-17H2,1H3/t20-,21-,22+,25+/m1/s1. The summed E-state index contributed by atoms with van der Waals surface area (Å²) in [5.41, 5.74) is 4.68. The quantitative estimate of drug-likeness (QED) is 0.752. The predicted octanol–water partition coefficient (Wildman–Crippen LogP) is 5.75. The fraction of sp³-hybridized carbons (Fsp3) is 0.520. The molecule has 142 valence electrons. The van der Waals surface area contributed by atoms with Gasteiger partial charge in [-0.2, -0.15) is 0 Å². The Balaban J connectivity index is 1.42. The molecule has 5 rings (SSSR count). The molecule has 0 saturated heterocycles. The normalized spacial score (nSPS) is 31.7. The van der Waals surface area contributed by atoms with Crippen LogP contribution in [0.3, 0.4) is 0 Å². The fourth-order valence-electron chi connectivity index (χ4n) is 6.94. The number of benzene rings is 2. The van der Waals surface area contributed by atoms with Gasteiger partial charge in [-0.25, -0.2) is 0 Å². The maximum Gasteiger partial charge on any atom is 0.138 e. The first-order valence-corrected chi connectivity index (χ1v) is 10.7. The lowest BCUT2D eigenvalue weighted by Gasteiger charge is -2.52. The van der Waals surface area contributed by atoms with Gasteiger partial charge < -0.3 is 10.0 Å². The van der Waals surface area contributed by atoms with E-state index in [1.807, 2.05) is 18.2 Å². The number of rotatable bonds is 3. The van der Waals surface area contributed by atoms with Crippen molar-refractivity contribution in [2.45, 2.75) is 50.9 Å². The van der Waals surface area contributed by atoms with Crippen LogP contribution in [0, 0.1) is 17.3 Å². The third-order valence-electron chi connectivity index (χ3n) is 8.01. The summed E-state index contributed by atoms with van der Waals surface area (Å²) >= 11 is 0. The highest BCUT2D eigenvalue weighted by molar-refractivity contribution is 5.57. The topological polar surface area (TPSA) is 23.5 Å². The minimum atomic E-state index is 0.409. The van der Waals surface area contributed by atoms with E-state index in [0.29, 0.717) is 11.2 Å². The molecule has 2 heteroatoms. The van der Waals surface area contributed by atoms with Gasteiger partial charge in [0.15, 0.2) is 0 Å². The maximum atomic E-state index is 10.3. The first-order valence-electron chi connectivity index (χ1n) is 10.7. The maximum absolute atomic E-state index is 10.3. The summed E-state index contributed by atoms with van der Waals surface area (Å²) in [6, 6.07) is 17.0. The SMILES string of the molecule is CN(C[C@@]12CCC[C@H]1[C@@H]1CCc3ccccc3[C@H]1CC2)c1ccccc1O. The predicted molar refractivity (Wildman–Crippen MR) is 111 cm³/mol. The summed E-state index contributed by atoms with van der Waals surface area (Å²) in [5.74, 6) is 2.89. The van der Waals surface area contributed by atoms with Gasteiger partial charge in [0.2, 0.25) is 0 Å². The molecule has 4 atom stereocenters. The number of anilines is 1. The summed E-state index contributed by atoms with van der Waals surface area (Å²) in [4.78, 5) is 2.32. The number of aromatic hydroxyl groups is 1. The lowest BCUT2D eigenvalue weighted by atomic mass is 9.55. The van der Waals surface area contributed by atoms with Crippen molar-refractivity contribution >= 4 is 5.69 Å². The second-order valence-electron chi connectivity index (χ2n) is 9.25. The molecule has 0 spiro atoms. The van der Waals surface area contributed by atoms with Crippen molar-refractivity contribution < 1.29 is 5.11 Å². The summed E-state index contributed by atoms with van der Waals surface area (Å²) in [5, 5.41) is 10.3. The molecule has 0 aromatic heterocycles. The van der Waals surface area contributed by atoms with E-state index in [1.54, 1.807) is 11.1 Å². The minimum absolute atomic E-state index is 0.409. The molecular weight excluding hydrogens is 330 g/mol. The number of hydrogen-bond donors (Lipinski definition) is 1. The van der Waals surface area contributed by atoms with Crippen LogP contribution >= 0.6 is 0 Å². The molecule has 2 saturated carbocycles. The molecule has 2 nitrogen and oxygen atoms in total. The first-order chi connectivity index (χ1) is 13.2. The van der Waals surface area contributed by atoms with Gasteiger partial charge in [-0.15, -0.1) is 0 Å². The first kappa shape index (κ1) is 17.2. The second-order valence-corrected chi connectivity index (χ2v) is 9.25. The zero-order chi connectivity index (χ0) is 18.4. The van der Waals surface area contributed by atoms with E-state index in [-0.39, 0.29) is 0 Å². The molecule has 0 bridgehead atoms. The third kappa shape index (κ3) is 2.76. The number of para-hydroxylation sites is 2. The van der Waals surface area contributed by atoms with E-state index in [9.17, 15) is 5.11 Å². The highest BCUT2D eigenvalue weighted by Crippen LogP contribution is 2.61. The van der Waals surface area contributed by atoms with Crippen molar-refractivity contribution in [2.24, 2.45) is 17.3 Å². The van der Waals surface area contributed by atoms with E-state index >= 15 is 0 Å². The summed E-state index contributed by atoms with van der Waals surface area (Å²) in [7, 11) is 2.17. The molecular formula is C25H31NO. The Morgan fingerprint density at radius 1 is 1.00 bits per heavy atom. The van der Waals surface area contributed by atoms with Crippen molar-refractivity contribution in [3.8, 4) is 5.75 Å². The average Bonchev–Trinajstić information content (AvgIpc) is 3.12. The van der Waals surface area contributed by atoms with Crippen LogP contribution in [0.4, 0.5) is 5.69 Å². The number of phenolic OH excluding ortho intramolecular Hbond substituents is 1. The molecule has 3 aliphatic rings. The van der Waals surface area contributed by atoms with Crippen LogP contribution in [0.25, 0.3) is 0 Å². The Hall–Kier alpha value is -1.96. The van der Waals surface area contributed by atoms with Gasteiger partial charge in [0.25, 0.3) is 0 Å². The Morgan fingerprint density at radius 3 is 2.70 bits per heavy atom. The smallest absolute Gasteiger partial charge is 0.138 e. The van der Waals surface area contributed by atoms with E-state index in [2.05, 4.69) is 42.3 Å². The number of fused-ring (bicyclic) bond motifs is 5. The third-order valence-corrected chi connectivity index (χ3v) is 8.01. The second kappa shape index (κ2) is 6.58. The van der Waals surface area contributed by atoms with Crippen molar-refractivity contribution in [3.05, 3.63) is 59.7 Å². The van der Waals surface area contributed by atoms with Gasteiger partial charge in [0.1, 0.15) is 5.75 Å². The Bertz CT molecular complexity index is 831. The van der Waals surface area contributed by atoms with Crippen molar-refractivity contribution in [1.29, 1.82) is 0 Å². The van der Waals surface area contributed by atoms with Crippen LogP contribution in [0.2, 0.25) is 0 Å². The van der Waals surface area contributed by atoms with Crippen LogP contribution < -0.4 is 4.90 Å². The van der Waals surface area contributed by atoms with Gasteiger partial charge in [-0.1, -0.05) is 42.8 Å². The highest BCUT2D eigenvalue weighted by atomic mass is 16.3. The lowest BCUT2D eigenvalue weighted by molar-refractivity contribution is 0.0504. The molecule has 27 heavy (non-hydrogen) atoms. The van der Waals surface area contributed by atoms with Crippen LogP contribution in [0.1, 0.15) is 55.6 Å². The van der Waals surface area contributed by atoms with Gasteiger partial charge in [-0.3, -0.25) is 0 Å². The molecule has 0 radical (unpaired) electrons. The van der Waals surface area contributed by atoms with Crippen molar-refractivity contribution in [2.75, 3.05) is 18.5 Å². The highest BCUT2D eigenvalue weighted by Gasteiger charge is 2.53. The molecule has 0 aliphatic heterocycles. The van der Waals surface area contributed by atoms with Crippen molar-refractivity contribution in [3.63, 3.8) is 0 Å². The zero-order valence-electron chi connectivity index (χ0n) is 16.4. The molecule has 0 amide bonds. The Morgan fingerprint density at radius 2 is 1.81 bits per heavy atom. The number of nitrogens with zero attached hydrogens (tertiary/aromatic N) is 1. The Labute approximate surface area is 163 Å². The molecule has 0 heterocycles. The van der Waals surface area contributed by atoms with Gasteiger partial charge in [-0.05, 0) is 85.0 Å². The summed E-state index contributed by atoms with van der Waals surface area (Å²) in [6.45, 7) is 1.08. The molecule has 0 unspecified atom stereocenters. The van der Waals surface area contributed by atoms with Crippen LogP contribution in [-0.2, 0) is 6.42 Å². The molecule has 2 aromatic rings. The summed E-state index contributed by atoms with van der Waals surface area (Å²) < 4.78 is 0. The molecule has 2 aromatic carbocycles. The lowest BCUT2D eigenvalue weighted by Crippen LogP contribution is -2.47. The zero-order valence-corrected chi connectivity index (χ0v) is 16.4. The number of aryl methyl sites for hydroxylation is 1. The minimum Gasteiger partial charge on any atom is -0.506 e. The van der Waals surface area contributed by atoms with Gasteiger partial charge in [0, 0.05) is 13.6 Å². The van der Waals surface area contributed by atoms with E-state index in [0.717, 1.165) is 30.0 Å². The fourth-order valence-corrected chi connectivity index (χ4v) is 6.94. The number of phenols is 1. The monoisotopic (exact) mass is 361 g/mol. The largest absolute Gasteiger partial charge is 0.506 e. The Kier molecular flexibility index (Phi) is 4.18. The van der Waals surface area contributed by atoms with Crippen LogP contribution in [-0.4, -0.2) is 18.7 Å².